The highest BCUT2D eigenvalue weighted by Crippen LogP contribution is 2.37. The van der Waals surface area contributed by atoms with E-state index in [0.717, 1.165) is 12.6 Å². The predicted octanol–water partition coefficient (Wildman–Crippen LogP) is 3.62. The number of hydrogen-bond donors (Lipinski definition) is 0. The van der Waals surface area contributed by atoms with Crippen molar-refractivity contribution >= 4 is 17.0 Å². The van der Waals surface area contributed by atoms with Crippen LogP contribution in [0.25, 0.3) is 22.4 Å². The lowest BCUT2D eigenvalue weighted by Gasteiger charge is -2.34. The number of carbonyl (C=O) groups is 1. The number of aromatic nitrogens is 2. The zero-order chi connectivity index (χ0) is 22.9. The van der Waals surface area contributed by atoms with E-state index >= 15 is 0 Å². The molecule has 1 fully saturated rings. The lowest BCUT2D eigenvalue weighted by atomic mass is 10.00. The molecule has 32 heavy (non-hydrogen) atoms. The number of alkyl halides is 3. The number of aryl methyl sites for hydroxylation is 1. The molecule has 0 saturated carbocycles. The third-order valence-corrected chi connectivity index (χ3v) is 5.63. The molecule has 1 aliphatic rings. The van der Waals surface area contributed by atoms with Crippen molar-refractivity contribution in [3.05, 3.63) is 47.2 Å². The number of methoxy groups -OCH3 is 1. The first-order valence-electron chi connectivity index (χ1n) is 10.2. The smallest absolute Gasteiger partial charge is 0.383 e. The van der Waals surface area contributed by atoms with Crippen LogP contribution in [0.3, 0.4) is 0 Å². The van der Waals surface area contributed by atoms with Crippen molar-refractivity contribution < 1.29 is 27.2 Å². The lowest BCUT2D eigenvalue weighted by Crippen LogP contribution is -2.49. The summed E-state index contributed by atoms with van der Waals surface area (Å²) in [4.78, 5) is 21.6. The van der Waals surface area contributed by atoms with Gasteiger partial charge in [0.2, 0.25) is 0 Å². The molecule has 7 nitrogen and oxygen atoms in total. The van der Waals surface area contributed by atoms with Crippen molar-refractivity contribution in [3.63, 3.8) is 0 Å². The normalized spacial score (nSPS) is 15.5. The van der Waals surface area contributed by atoms with E-state index in [0.29, 0.717) is 43.9 Å². The summed E-state index contributed by atoms with van der Waals surface area (Å²) in [6.45, 7) is 5.46. The molecule has 3 heterocycles. The van der Waals surface area contributed by atoms with E-state index in [2.05, 4.69) is 15.0 Å². The summed E-state index contributed by atoms with van der Waals surface area (Å²) >= 11 is 0. The second-order valence-corrected chi connectivity index (χ2v) is 7.67. The quantitative estimate of drug-likeness (QED) is 0.594. The van der Waals surface area contributed by atoms with Crippen molar-refractivity contribution in [2.45, 2.75) is 13.1 Å². The van der Waals surface area contributed by atoms with Crippen LogP contribution in [0.2, 0.25) is 0 Å². The molecule has 0 N–H and O–H groups in total. The summed E-state index contributed by atoms with van der Waals surface area (Å²) in [5, 5.41) is 4.30. The SMILES string of the molecule is COCCN1CCN(C(=O)c2cc(-c3ccccc3C(F)(F)F)nc3onc(C)c23)CC1. The molecule has 1 aliphatic heterocycles. The molecule has 3 aromatic rings. The minimum Gasteiger partial charge on any atom is -0.383 e. The maximum atomic E-state index is 13.6. The van der Waals surface area contributed by atoms with Crippen LogP contribution < -0.4 is 0 Å². The summed E-state index contributed by atoms with van der Waals surface area (Å²) < 4.78 is 51.1. The Kier molecular flexibility index (Phi) is 6.16. The van der Waals surface area contributed by atoms with Crippen LogP contribution in [0.5, 0.6) is 0 Å². The van der Waals surface area contributed by atoms with Crippen LogP contribution in [0.15, 0.2) is 34.9 Å². The summed E-state index contributed by atoms with van der Waals surface area (Å²) in [7, 11) is 1.64. The molecule has 1 saturated heterocycles. The zero-order valence-corrected chi connectivity index (χ0v) is 17.8. The van der Waals surface area contributed by atoms with Gasteiger partial charge in [0.1, 0.15) is 0 Å². The van der Waals surface area contributed by atoms with Gasteiger partial charge in [-0.3, -0.25) is 9.69 Å². The molecule has 0 aliphatic carbocycles. The lowest BCUT2D eigenvalue weighted by molar-refractivity contribution is -0.137. The van der Waals surface area contributed by atoms with Gasteiger partial charge >= 0.3 is 6.18 Å². The first-order chi connectivity index (χ1) is 15.3. The van der Waals surface area contributed by atoms with Crippen LogP contribution in [0.4, 0.5) is 13.2 Å². The van der Waals surface area contributed by atoms with Gasteiger partial charge in [-0.1, -0.05) is 23.4 Å². The van der Waals surface area contributed by atoms with Gasteiger partial charge in [0.05, 0.1) is 34.5 Å². The van der Waals surface area contributed by atoms with E-state index in [9.17, 15) is 18.0 Å². The Morgan fingerprint density at radius 1 is 1.19 bits per heavy atom. The van der Waals surface area contributed by atoms with E-state index < -0.39 is 11.7 Å². The molecule has 0 atom stereocenters. The number of benzene rings is 1. The van der Waals surface area contributed by atoms with E-state index in [1.807, 2.05) is 0 Å². The van der Waals surface area contributed by atoms with Crippen molar-refractivity contribution in [2.75, 3.05) is 46.4 Å². The summed E-state index contributed by atoms with van der Waals surface area (Å²) in [5.74, 6) is -0.277. The van der Waals surface area contributed by atoms with Gasteiger partial charge in [-0.25, -0.2) is 4.98 Å². The fourth-order valence-electron chi connectivity index (χ4n) is 3.92. The number of amides is 1. The third-order valence-electron chi connectivity index (χ3n) is 5.63. The number of fused-ring (bicyclic) bond motifs is 1. The van der Waals surface area contributed by atoms with Gasteiger partial charge in [-0.05, 0) is 19.1 Å². The number of carbonyl (C=O) groups excluding carboxylic acids is 1. The number of halogens is 3. The first-order valence-corrected chi connectivity index (χ1v) is 10.2. The molecule has 1 amide bonds. The summed E-state index contributed by atoms with van der Waals surface area (Å²) in [6.07, 6.45) is -4.56. The largest absolute Gasteiger partial charge is 0.417 e. The van der Waals surface area contributed by atoms with Gasteiger partial charge in [0.25, 0.3) is 11.6 Å². The maximum absolute atomic E-state index is 13.6. The van der Waals surface area contributed by atoms with Crippen LogP contribution in [0, 0.1) is 6.92 Å². The van der Waals surface area contributed by atoms with Crippen LogP contribution in [-0.2, 0) is 10.9 Å². The van der Waals surface area contributed by atoms with Crippen LogP contribution in [0.1, 0.15) is 21.6 Å². The minimum absolute atomic E-state index is 0.0173. The Hall–Kier alpha value is -2.98. The summed E-state index contributed by atoms with van der Waals surface area (Å²) in [5.41, 5.74) is -0.179. The van der Waals surface area contributed by atoms with E-state index in [4.69, 9.17) is 9.26 Å². The molecule has 0 unspecified atom stereocenters. The Labute approximate surface area is 182 Å². The van der Waals surface area contributed by atoms with Crippen LogP contribution in [-0.4, -0.2) is 72.3 Å². The fourth-order valence-corrected chi connectivity index (χ4v) is 3.92. The van der Waals surface area contributed by atoms with Crippen molar-refractivity contribution in [2.24, 2.45) is 0 Å². The number of ether oxygens (including phenoxy) is 1. The highest BCUT2D eigenvalue weighted by Gasteiger charge is 2.34. The van der Waals surface area contributed by atoms with E-state index in [1.54, 1.807) is 18.9 Å². The van der Waals surface area contributed by atoms with E-state index in [-0.39, 0.29) is 28.4 Å². The van der Waals surface area contributed by atoms with Gasteiger partial charge < -0.3 is 14.2 Å². The average Bonchev–Trinajstić information content (AvgIpc) is 3.17. The number of rotatable bonds is 5. The minimum atomic E-state index is -4.56. The molecule has 170 valence electrons. The molecular formula is C22H23F3N4O3. The molecule has 10 heteroatoms. The number of nitrogens with zero attached hydrogens (tertiary/aromatic N) is 4. The maximum Gasteiger partial charge on any atom is 0.417 e. The highest BCUT2D eigenvalue weighted by atomic mass is 19.4. The molecule has 0 bridgehead atoms. The second kappa shape index (κ2) is 8.87. The Morgan fingerprint density at radius 2 is 1.91 bits per heavy atom. The molecule has 0 spiro atoms. The average molecular weight is 448 g/mol. The second-order valence-electron chi connectivity index (χ2n) is 7.67. The molecule has 4 rings (SSSR count). The number of hydrogen-bond acceptors (Lipinski definition) is 6. The van der Waals surface area contributed by atoms with Gasteiger partial charge in [0.15, 0.2) is 0 Å². The fraction of sp³-hybridized carbons (Fsp3) is 0.409. The monoisotopic (exact) mass is 448 g/mol. The van der Waals surface area contributed by atoms with Gasteiger partial charge in [0, 0.05) is 45.4 Å². The Bertz CT molecular complexity index is 1120. The van der Waals surface area contributed by atoms with Crippen molar-refractivity contribution in [3.8, 4) is 11.3 Å². The van der Waals surface area contributed by atoms with Crippen molar-refractivity contribution in [1.82, 2.24) is 19.9 Å². The highest BCUT2D eigenvalue weighted by molar-refractivity contribution is 6.07. The van der Waals surface area contributed by atoms with Gasteiger partial charge in [-0.15, -0.1) is 0 Å². The predicted molar refractivity (Wildman–Crippen MR) is 111 cm³/mol. The number of piperazine rings is 1. The summed E-state index contributed by atoms with van der Waals surface area (Å²) in [6, 6.07) is 6.56. The first kappa shape index (κ1) is 22.2. The topological polar surface area (TPSA) is 71.7 Å². The molecule has 1 aromatic carbocycles. The zero-order valence-electron chi connectivity index (χ0n) is 17.8. The van der Waals surface area contributed by atoms with Crippen LogP contribution >= 0.6 is 0 Å². The van der Waals surface area contributed by atoms with Crippen molar-refractivity contribution in [1.29, 1.82) is 0 Å². The number of pyridine rings is 1. The molecule has 2 aromatic heterocycles. The van der Waals surface area contributed by atoms with E-state index in [1.165, 1.54) is 24.3 Å². The Balaban J connectivity index is 1.72. The Morgan fingerprint density at radius 3 is 2.59 bits per heavy atom. The molecular weight excluding hydrogens is 425 g/mol. The van der Waals surface area contributed by atoms with Gasteiger partial charge in [-0.2, -0.15) is 13.2 Å². The third kappa shape index (κ3) is 4.33. The standard InChI is InChI=1S/C22H23F3N4O3/c1-14-19-16(21(30)29-9-7-28(8-10-29)11-12-31-2)13-18(26-20(19)32-27-14)15-5-3-4-6-17(15)22(23,24)25/h3-6,13H,7-12H2,1-2H3. The molecule has 0 radical (unpaired) electrons.